The van der Waals surface area contributed by atoms with E-state index in [1.165, 1.54) is 6.33 Å². The van der Waals surface area contributed by atoms with E-state index in [-0.39, 0.29) is 11.7 Å². The summed E-state index contributed by atoms with van der Waals surface area (Å²) in [5.74, 6) is -0.0542. The molecule has 0 aliphatic carbocycles. The van der Waals surface area contributed by atoms with Gasteiger partial charge in [0.15, 0.2) is 11.6 Å². The van der Waals surface area contributed by atoms with Crippen LogP contribution in [0.3, 0.4) is 0 Å². The Kier molecular flexibility index (Phi) is 5.21. The Hall–Kier alpha value is -2.57. The fraction of sp³-hybridized carbons (Fsp3) is 0.444. The van der Waals surface area contributed by atoms with E-state index in [1.807, 2.05) is 24.8 Å². The van der Waals surface area contributed by atoms with Crippen LogP contribution in [0.2, 0.25) is 0 Å². The molecule has 1 saturated heterocycles. The van der Waals surface area contributed by atoms with Gasteiger partial charge in [-0.15, -0.1) is 0 Å². The van der Waals surface area contributed by atoms with E-state index in [1.54, 1.807) is 17.3 Å². The Morgan fingerprint density at radius 1 is 1.20 bits per heavy atom. The molecular weight excluding hydrogens is 321 g/mol. The molecule has 3 heterocycles. The average molecular weight is 343 g/mol. The highest BCUT2D eigenvalue weighted by Gasteiger charge is 2.23. The summed E-state index contributed by atoms with van der Waals surface area (Å²) in [6.45, 7) is 6.15. The van der Waals surface area contributed by atoms with Crippen molar-refractivity contribution in [3.05, 3.63) is 47.4 Å². The molecule has 132 valence electrons. The van der Waals surface area contributed by atoms with Gasteiger partial charge >= 0.3 is 0 Å². The Bertz CT molecular complexity index is 767. The largest absolute Gasteiger partial charge is 0.352 e. The van der Waals surface area contributed by atoms with E-state index in [4.69, 9.17) is 0 Å². The van der Waals surface area contributed by atoms with Crippen molar-refractivity contribution in [2.24, 2.45) is 0 Å². The molecule has 2 aromatic rings. The van der Waals surface area contributed by atoms with Gasteiger partial charge in [0, 0.05) is 38.6 Å². The molecule has 0 atom stereocenters. The predicted molar refractivity (Wildman–Crippen MR) is 93.1 cm³/mol. The molecule has 0 N–H and O–H groups in total. The number of hydrogen-bond donors (Lipinski definition) is 0. The molecule has 1 fully saturated rings. The molecule has 0 aromatic carbocycles. The monoisotopic (exact) mass is 343 g/mol. The molecule has 6 nitrogen and oxygen atoms in total. The van der Waals surface area contributed by atoms with Gasteiger partial charge in [-0.2, -0.15) is 0 Å². The van der Waals surface area contributed by atoms with E-state index in [2.05, 4.69) is 15.0 Å². The number of aryl methyl sites for hydroxylation is 2. The molecule has 2 aromatic heterocycles. The molecule has 0 bridgehead atoms. The third-order valence-corrected chi connectivity index (χ3v) is 4.38. The summed E-state index contributed by atoms with van der Waals surface area (Å²) in [4.78, 5) is 28.6. The highest BCUT2D eigenvalue weighted by molar-refractivity contribution is 5.94. The number of nitrogens with zero attached hydrogens (tertiary/aromatic N) is 5. The van der Waals surface area contributed by atoms with Gasteiger partial charge in [0.2, 0.25) is 0 Å². The first-order valence-electron chi connectivity index (χ1n) is 8.55. The van der Waals surface area contributed by atoms with Crippen molar-refractivity contribution in [3.63, 3.8) is 0 Å². The quantitative estimate of drug-likeness (QED) is 0.855. The topological polar surface area (TPSA) is 62.2 Å². The minimum Gasteiger partial charge on any atom is -0.352 e. The van der Waals surface area contributed by atoms with Crippen molar-refractivity contribution in [2.75, 3.05) is 31.1 Å². The maximum atomic E-state index is 14.5. The van der Waals surface area contributed by atoms with Crippen molar-refractivity contribution >= 4 is 11.7 Å². The lowest BCUT2D eigenvalue weighted by molar-refractivity contribution is 0.0766. The zero-order chi connectivity index (χ0) is 17.8. The maximum Gasteiger partial charge on any atom is 0.255 e. The first-order valence-corrected chi connectivity index (χ1v) is 8.55. The van der Waals surface area contributed by atoms with Crippen LogP contribution >= 0.6 is 0 Å². The Labute approximate surface area is 146 Å². The van der Waals surface area contributed by atoms with Crippen molar-refractivity contribution < 1.29 is 9.18 Å². The van der Waals surface area contributed by atoms with Gasteiger partial charge in [0.1, 0.15) is 6.33 Å². The minimum absolute atomic E-state index is 0.0320. The van der Waals surface area contributed by atoms with E-state index >= 15 is 0 Å². The lowest BCUT2D eigenvalue weighted by Crippen LogP contribution is -2.35. The number of halogens is 1. The molecule has 0 saturated carbocycles. The second-order valence-corrected chi connectivity index (χ2v) is 6.20. The number of anilines is 1. The fourth-order valence-electron chi connectivity index (χ4n) is 3.05. The zero-order valence-electron chi connectivity index (χ0n) is 14.6. The van der Waals surface area contributed by atoms with E-state index in [0.717, 1.165) is 12.0 Å². The lowest BCUT2D eigenvalue weighted by Gasteiger charge is -2.23. The van der Waals surface area contributed by atoms with Crippen LogP contribution in [0.25, 0.3) is 0 Å². The molecule has 1 aliphatic rings. The van der Waals surface area contributed by atoms with Crippen LogP contribution in [0.15, 0.2) is 24.8 Å². The van der Waals surface area contributed by atoms with Gasteiger partial charge in [-0.25, -0.2) is 14.4 Å². The van der Waals surface area contributed by atoms with Gasteiger partial charge in [0.05, 0.1) is 11.3 Å². The molecule has 25 heavy (non-hydrogen) atoms. The van der Waals surface area contributed by atoms with E-state index in [9.17, 15) is 9.18 Å². The van der Waals surface area contributed by atoms with E-state index < -0.39 is 0 Å². The molecule has 7 heteroatoms. The standard InChI is InChI=1S/C18H22FN5O/c1-3-15-16(19)17(22-12-21-15)23-5-4-6-24(8-7-23)18(25)14-9-13(2)10-20-11-14/h9-12H,3-8H2,1-2H3. The highest BCUT2D eigenvalue weighted by atomic mass is 19.1. The summed E-state index contributed by atoms with van der Waals surface area (Å²) >= 11 is 0. The second-order valence-electron chi connectivity index (χ2n) is 6.20. The summed E-state index contributed by atoms with van der Waals surface area (Å²) in [5, 5.41) is 0. The first kappa shape index (κ1) is 17.3. The van der Waals surface area contributed by atoms with Crippen molar-refractivity contribution in [2.45, 2.75) is 26.7 Å². The molecule has 3 rings (SSSR count). The minimum atomic E-state index is -0.354. The van der Waals surface area contributed by atoms with Gasteiger partial charge in [0.25, 0.3) is 5.91 Å². The van der Waals surface area contributed by atoms with Crippen molar-refractivity contribution in [1.82, 2.24) is 19.9 Å². The highest BCUT2D eigenvalue weighted by Crippen LogP contribution is 2.20. The van der Waals surface area contributed by atoms with Crippen LogP contribution < -0.4 is 4.90 Å². The molecule has 0 radical (unpaired) electrons. The summed E-state index contributed by atoms with van der Waals surface area (Å²) in [7, 11) is 0. The number of carbonyl (C=O) groups excluding carboxylic acids is 1. The zero-order valence-corrected chi connectivity index (χ0v) is 14.6. The second kappa shape index (κ2) is 7.55. The lowest BCUT2D eigenvalue weighted by atomic mass is 10.2. The van der Waals surface area contributed by atoms with Crippen LogP contribution in [0.5, 0.6) is 0 Å². The summed E-state index contributed by atoms with van der Waals surface area (Å²) in [6.07, 6.45) is 6.01. The predicted octanol–water partition coefficient (Wildman–Crippen LogP) is 2.23. The third-order valence-electron chi connectivity index (χ3n) is 4.38. The van der Waals surface area contributed by atoms with Crippen LogP contribution in [-0.2, 0) is 6.42 Å². The van der Waals surface area contributed by atoms with Crippen molar-refractivity contribution in [1.29, 1.82) is 0 Å². The number of pyridine rings is 1. The molecule has 1 amide bonds. The van der Waals surface area contributed by atoms with E-state index in [0.29, 0.717) is 49.7 Å². The maximum absolute atomic E-state index is 14.5. The Balaban J connectivity index is 1.73. The number of carbonyl (C=O) groups is 1. The Morgan fingerprint density at radius 2 is 2.04 bits per heavy atom. The van der Waals surface area contributed by atoms with Crippen LogP contribution in [0, 0.1) is 12.7 Å². The average Bonchev–Trinajstić information content (AvgIpc) is 2.87. The molecular formula is C18H22FN5O. The summed E-state index contributed by atoms with van der Waals surface area (Å²) in [6, 6.07) is 1.84. The molecule has 0 unspecified atom stereocenters. The third kappa shape index (κ3) is 3.75. The SMILES string of the molecule is CCc1ncnc(N2CCCN(C(=O)c3cncc(C)c3)CC2)c1F. The summed E-state index contributed by atoms with van der Waals surface area (Å²) < 4.78 is 14.5. The Morgan fingerprint density at radius 3 is 2.80 bits per heavy atom. The molecule has 1 aliphatic heterocycles. The normalized spacial score (nSPS) is 15.2. The number of aromatic nitrogens is 3. The smallest absolute Gasteiger partial charge is 0.255 e. The van der Waals surface area contributed by atoms with Gasteiger partial charge in [-0.3, -0.25) is 9.78 Å². The van der Waals surface area contributed by atoms with Gasteiger partial charge in [-0.05, 0) is 31.4 Å². The number of amides is 1. The van der Waals surface area contributed by atoms with Crippen LogP contribution in [-0.4, -0.2) is 51.9 Å². The first-order chi connectivity index (χ1) is 12.1. The summed E-state index contributed by atoms with van der Waals surface area (Å²) in [5.41, 5.74) is 1.97. The van der Waals surface area contributed by atoms with Crippen LogP contribution in [0.4, 0.5) is 10.2 Å². The number of rotatable bonds is 3. The number of hydrogen-bond acceptors (Lipinski definition) is 5. The molecule has 0 spiro atoms. The van der Waals surface area contributed by atoms with Crippen molar-refractivity contribution in [3.8, 4) is 0 Å². The van der Waals surface area contributed by atoms with Crippen LogP contribution in [0.1, 0.15) is 35.0 Å². The fourth-order valence-corrected chi connectivity index (χ4v) is 3.05. The van der Waals surface area contributed by atoms with Gasteiger partial charge in [-0.1, -0.05) is 6.92 Å². The van der Waals surface area contributed by atoms with Gasteiger partial charge < -0.3 is 9.80 Å².